The third-order valence-corrected chi connectivity index (χ3v) is 6.16. The van der Waals surface area contributed by atoms with E-state index in [9.17, 15) is 9.18 Å². The number of fused-ring (bicyclic) bond motifs is 1. The highest BCUT2D eigenvalue weighted by Gasteiger charge is 2.21. The third kappa shape index (κ3) is 4.23. The molecule has 2 heterocycles. The first-order valence-corrected chi connectivity index (χ1v) is 10.5. The van der Waals surface area contributed by atoms with Gasteiger partial charge in [-0.05, 0) is 66.1 Å². The van der Waals surface area contributed by atoms with E-state index in [-0.39, 0.29) is 5.82 Å². The summed E-state index contributed by atoms with van der Waals surface area (Å²) in [6.45, 7) is 10.4. The van der Waals surface area contributed by atoms with E-state index in [1.165, 1.54) is 5.56 Å². The maximum Gasteiger partial charge on any atom is 0.124 e. The van der Waals surface area contributed by atoms with Gasteiger partial charge in [-0.3, -0.25) is 0 Å². The van der Waals surface area contributed by atoms with Gasteiger partial charge in [0, 0.05) is 47.9 Å². The number of H-pyrrole nitrogens is 1. The lowest BCUT2D eigenvalue weighted by Gasteiger charge is -2.35. The highest BCUT2D eigenvalue weighted by atomic mass is 19.1. The summed E-state index contributed by atoms with van der Waals surface area (Å²) >= 11 is 0. The number of hydrogen-bond acceptors (Lipinski definition) is 2. The summed E-state index contributed by atoms with van der Waals surface area (Å²) < 4.78 is 13.1. The maximum absolute atomic E-state index is 13.1. The second-order valence-corrected chi connectivity index (χ2v) is 8.14. The summed E-state index contributed by atoms with van der Waals surface area (Å²) in [7, 11) is 0. The van der Waals surface area contributed by atoms with Crippen LogP contribution in [0.2, 0.25) is 0 Å². The normalized spacial score (nSPS) is 14.8. The van der Waals surface area contributed by atoms with Gasteiger partial charge in [0.15, 0.2) is 0 Å². The molecule has 2 aromatic carbocycles. The standard InChI is InChI=1S/C26H27FN2O/c1-18(11-14-30)25-17-28-26-8-5-22(16-24(25)26)19(2)29-12-9-21(10-13-29)15-20-3-6-23(27)7-4-20/h3-8,14,16-17,21,28H,1-2,9-13,15H2. The lowest BCUT2D eigenvalue weighted by atomic mass is 9.89. The van der Waals surface area contributed by atoms with E-state index < -0.39 is 0 Å². The number of nitrogens with zero attached hydrogens (tertiary/aromatic N) is 1. The third-order valence-electron chi connectivity index (χ3n) is 6.16. The van der Waals surface area contributed by atoms with Crippen LogP contribution >= 0.6 is 0 Å². The van der Waals surface area contributed by atoms with Crippen molar-refractivity contribution >= 4 is 28.5 Å². The summed E-state index contributed by atoms with van der Waals surface area (Å²) in [6.07, 6.45) is 6.34. The average molecular weight is 403 g/mol. The Morgan fingerprint density at radius 1 is 1.13 bits per heavy atom. The number of hydrogen-bond donors (Lipinski definition) is 1. The number of aromatic amines is 1. The van der Waals surface area contributed by atoms with Gasteiger partial charge >= 0.3 is 0 Å². The monoisotopic (exact) mass is 402 g/mol. The van der Waals surface area contributed by atoms with Gasteiger partial charge in [0.25, 0.3) is 0 Å². The van der Waals surface area contributed by atoms with Crippen molar-refractivity contribution < 1.29 is 9.18 Å². The molecule has 4 heteroatoms. The molecule has 30 heavy (non-hydrogen) atoms. The number of rotatable bonds is 7. The van der Waals surface area contributed by atoms with Crippen molar-refractivity contribution in [3.05, 3.63) is 84.3 Å². The molecule has 1 saturated heterocycles. The zero-order chi connectivity index (χ0) is 21.1. The van der Waals surface area contributed by atoms with Crippen molar-refractivity contribution in [2.24, 2.45) is 5.92 Å². The van der Waals surface area contributed by atoms with Crippen LogP contribution in [0.1, 0.15) is 36.0 Å². The van der Waals surface area contributed by atoms with Gasteiger partial charge in [0.05, 0.1) is 0 Å². The Morgan fingerprint density at radius 2 is 1.87 bits per heavy atom. The number of carbonyl (C=O) groups is 1. The molecule has 1 aromatic heterocycles. The van der Waals surface area contributed by atoms with Gasteiger partial charge in [-0.2, -0.15) is 0 Å². The molecule has 1 N–H and O–H groups in total. The van der Waals surface area contributed by atoms with Gasteiger partial charge in [-0.1, -0.05) is 31.4 Å². The zero-order valence-corrected chi connectivity index (χ0v) is 17.2. The summed E-state index contributed by atoms with van der Waals surface area (Å²) in [4.78, 5) is 16.5. The number of allylic oxidation sites excluding steroid dienone is 1. The van der Waals surface area contributed by atoms with Gasteiger partial charge in [0.2, 0.25) is 0 Å². The predicted octanol–water partition coefficient (Wildman–Crippen LogP) is 5.83. The Balaban J connectivity index is 1.43. The van der Waals surface area contributed by atoms with Gasteiger partial charge in [0.1, 0.15) is 12.1 Å². The van der Waals surface area contributed by atoms with Crippen molar-refractivity contribution in [1.29, 1.82) is 0 Å². The Kier molecular flexibility index (Phi) is 5.84. The Bertz CT molecular complexity index is 1070. The molecule has 0 bridgehead atoms. The number of halogens is 1. The van der Waals surface area contributed by atoms with Crippen LogP contribution in [0.5, 0.6) is 0 Å². The van der Waals surface area contributed by atoms with E-state index in [0.717, 1.165) is 71.9 Å². The molecule has 0 atom stereocenters. The molecule has 4 rings (SSSR count). The second kappa shape index (κ2) is 8.70. The molecule has 0 radical (unpaired) electrons. The Labute approximate surface area is 176 Å². The quantitative estimate of drug-likeness (QED) is 0.505. The fraction of sp³-hybridized carbons (Fsp3) is 0.269. The molecule has 0 amide bonds. The number of aromatic nitrogens is 1. The minimum Gasteiger partial charge on any atom is -0.372 e. The second-order valence-electron chi connectivity index (χ2n) is 8.14. The number of aldehydes is 1. The molecule has 0 aliphatic carbocycles. The van der Waals surface area contributed by atoms with Crippen LogP contribution < -0.4 is 0 Å². The molecular formula is C26H27FN2O. The molecular weight excluding hydrogens is 375 g/mol. The predicted molar refractivity (Wildman–Crippen MR) is 121 cm³/mol. The minimum absolute atomic E-state index is 0.179. The molecule has 1 aliphatic heterocycles. The van der Waals surface area contributed by atoms with Crippen molar-refractivity contribution in [2.75, 3.05) is 13.1 Å². The van der Waals surface area contributed by atoms with Crippen LogP contribution in [0.4, 0.5) is 4.39 Å². The zero-order valence-electron chi connectivity index (χ0n) is 17.2. The van der Waals surface area contributed by atoms with Crippen molar-refractivity contribution in [1.82, 2.24) is 9.88 Å². The fourth-order valence-electron chi connectivity index (χ4n) is 4.35. The summed E-state index contributed by atoms with van der Waals surface area (Å²) in [6, 6.07) is 13.2. The van der Waals surface area contributed by atoms with Crippen LogP contribution in [0.15, 0.2) is 61.8 Å². The van der Waals surface area contributed by atoms with Crippen LogP contribution in [-0.2, 0) is 11.2 Å². The van der Waals surface area contributed by atoms with E-state index in [1.54, 1.807) is 12.1 Å². The van der Waals surface area contributed by atoms with Gasteiger partial charge in [-0.15, -0.1) is 0 Å². The lowest BCUT2D eigenvalue weighted by Crippen LogP contribution is -2.32. The summed E-state index contributed by atoms with van der Waals surface area (Å²) in [5, 5.41) is 1.08. The van der Waals surface area contributed by atoms with E-state index in [1.807, 2.05) is 18.3 Å². The van der Waals surface area contributed by atoms with Crippen LogP contribution in [0.25, 0.3) is 22.2 Å². The molecule has 0 saturated carbocycles. The number of nitrogens with one attached hydrogen (secondary N) is 1. The fourth-order valence-corrected chi connectivity index (χ4v) is 4.35. The number of carbonyl (C=O) groups excluding carboxylic acids is 1. The van der Waals surface area contributed by atoms with Gasteiger partial charge < -0.3 is 14.7 Å². The Morgan fingerprint density at radius 3 is 2.57 bits per heavy atom. The molecule has 0 unspecified atom stereocenters. The Hall–Kier alpha value is -3.14. The van der Waals surface area contributed by atoms with Crippen LogP contribution in [0.3, 0.4) is 0 Å². The largest absolute Gasteiger partial charge is 0.372 e. The number of benzene rings is 2. The first-order valence-electron chi connectivity index (χ1n) is 10.5. The molecule has 154 valence electrons. The van der Waals surface area contributed by atoms with E-state index in [4.69, 9.17) is 0 Å². The van der Waals surface area contributed by atoms with E-state index in [0.29, 0.717) is 12.3 Å². The molecule has 3 nitrogen and oxygen atoms in total. The van der Waals surface area contributed by atoms with Crippen molar-refractivity contribution in [2.45, 2.75) is 25.7 Å². The van der Waals surface area contributed by atoms with E-state index in [2.05, 4.69) is 41.2 Å². The summed E-state index contributed by atoms with van der Waals surface area (Å²) in [5.41, 5.74) is 6.18. The number of likely N-dealkylation sites (tertiary alicyclic amines) is 1. The highest BCUT2D eigenvalue weighted by molar-refractivity contribution is 5.95. The van der Waals surface area contributed by atoms with E-state index >= 15 is 0 Å². The van der Waals surface area contributed by atoms with Crippen molar-refractivity contribution in [3.8, 4) is 0 Å². The lowest BCUT2D eigenvalue weighted by molar-refractivity contribution is -0.107. The molecule has 1 aliphatic rings. The SMILES string of the molecule is C=C(CC=O)c1c[nH]c2ccc(C(=C)N3CCC(Cc4ccc(F)cc4)CC3)cc12. The van der Waals surface area contributed by atoms with Gasteiger partial charge in [-0.25, -0.2) is 4.39 Å². The summed E-state index contributed by atoms with van der Waals surface area (Å²) in [5.74, 6) is 0.437. The average Bonchev–Trinajstić information content (AvgIpc) is 3.19. The smallest absolute Gasteiger partial charge is 0.124 e. The topological polar surface area (TPSA) is 36.1 Å². The molecule has 0 spiro atoms. The highest BCUT2D eigenvalue weighted by Crippen LogP contribution is 2.31. The molecule has 1 fully saturated rings. The van der Waals surface area contributed by atoms with Crippen molar-refractivity contribution in [3.63, 3.8) is 0 Å². The first kappa shape index (κ1) is 20.1. The maximum atomic E-state index is 13.1. The van der Waals surface area contributed by atoms with Crippen LogP contribution in [-0.4, -0.2) is 29.3 Å². The first-order chi connectivity index (χ1) is 14.5. The minimum atomic E-state index is -0.179. The number of piperidine rings is 1. The molecule has 3 aromatic rings. The van der Waals surface area contributed by atoms with Crippen LogP contribution in [0, 0.1) is 11.7 Å².